The summed E-state index contributed by atoms with van der Waals surface area (Å²) in [6.07, 6.45) is 0.976. The molecule has 2 amide bonds. The normalized spacial score (nSPS) is 13.4. The molecule has 0 radical (unpaired) electrons. The van der Waals surface area contributed by atoms with E-state index in [9.17, 15) is 9.59 Å². The molecule has 0 heterocycles. The SMILES string of the molecule is CC[C@@H](CNC(=O)C[NH+](C)CC(=O)NC(C)C)c1ccccc1. The Hall–Kier alpha value is -1.88. The van der Waals surface area contributed by atoms with Crippen molar-refractivity contribution in [3.8, 4) is 0 Å². The van der Waals surface area contributed by atoms with Gasteiger partial charge in [-0.05, 0) is 25.8 Å². The number of quaternary nitrogens is 1. The Bertz CT molecular complexity index is 488. The third kappa shape index (κ3) is 7.79. The van der Waals surface area contributed by atoms with Crippen LogP contribution in [0.3, 0.4) is 0 Å². The first-order chi connectivity index (χ1) is 10.9. The second-order valence-electron chi connectivity index (χ2n) is 6.35. The van der Waals surface area contributed by atoms with Gasteiger partial charge in [0, 0.05) is 18.5 Å². The molecule has 1 aromatic carbocycles. The zero-order valence-electron chi connectivity index (χ0n) is 14.7. The van der Waals surface area contributed by atoms with Crippen molar-refractivity contribution in [2.75, 3.05) is 26.7 Å². The molecule has 5 nitrogen and oxygen atoms in total. The second-order valence-corrected chi connectivity index (χ2v) is 6.35. The Labute approximate surface area is 139 Å². The van der Waals surface area contributed by atoms with Crippen molar-refractivity contribution >= 4 is 11.8 Å². The van der Waals surface area contributed by atoms with Gasteiger partial charge in [0.1, 0.15) is 0 Å². The first kappa shape index (κ1) is 19.2. The van der Waals surface area contributed by atoms with Crippen molar-refractivity contribution < 1.29 is 14.5 Å². The molecule has 0 aliphatic rings. The van der Waals surface area contributed by atoms with E-state index in [1.807, 2.05) is 39.1 Å². The average molecular weight is 320 g/mol. The van der Waals surface area contributed by atoms with E-state index < -0.39 is 0 Å². The number of hydrogen-bond acceptors (Lipinski definition) is 2. The molecular weight excluding hydrogens is 290 g/mol. The predicted molar refractivity (Wildman–Crippen MR) is 92.4 cm³/mol. The van der Waals surface area contributed by atoms with Crippen molar-refractivity contribution in [2.45, 2.75) is 39.2 Å². The van der Waals surface area contributed by atoms with Crippen LogP contribution in [0, 0.1) is 0 Å². The fourth-order valence-corrected chi connectivity index (χ4v) is 2.51. The van der Waals surface area contributed by atoms with Gasteiger partial charge in [-0.3, -0.25) is 9.59 Å². The molecule has 0 aromatic heterocycles. The van der Waals surface area contributed by atoms with Crippen LogP contribution in [0.2, 0.25) is 0 Å². The van der Waals surface area contributed by atoms with E-state index in [0.29, 0.717) is 25.6 Å². The summed E-state index contributed by atoms with van der Waals surface area (Å²) < 4.78 is 0. The van der Waals surface area contributed by atoms with E-state index >= 15 is 0 Å². The first-order valence-corrected chi connectivity index (χ1v) is 8.34. The minimum absolute atomic E-state index is 0.0192. The summed E-state index contributed by atoms with van der Waals surface area (Å²) in [7, 11) is 1.86. The van der Waals surface area contributed by atoms with Gasteiger partial charge in [-0.2, -0.15) is 0 Å². The summed E-state index contributed by atoms with van der Waals surface area (Å²) >= 11 is 0. The monoisotopic (exact) mass is 320 g/mol. The fraction of sp³-hybridized carbons (Fsp3) is 0.556. The lowest BCUT2D eigenvalue weighted by atomic mass is 9.96. The molecule has 0 fully saturated rings. The van der Waals surface area contributed by atoms with Crippen LogP contribution in [-0.2, 0) is 9.59 Å². The van der Waals surface area contributed by atoms with Gasteiger partial charge >= 0.3 is 0 Å². The Balaban J connectivity index is 2.36. The van der Waals surface area contributed by atoms with Crippen LogP contribution in [0.25, 0.3) is 0 Å². The first-order valence-electron chi connectivity index (χ1n) is 8.34. The average Bonchev–Trinajstić information content (AvgIpc) is 2.47. The van der Waals surface area contributed by atoms with E-state index in [1.54, 1.807) is 0 Å². The van der Waals surface area contributed by atoms with Crippen molar-refractivity contribution in [1.29, 1.82) is 0 Å². The maximum atomic E-state index is 12.0. The van der Waals surface area contributed by atoms with E-state index in [1.165, 1.54) is 5.56 Å². The molecule has 1 aromatic rings. The maximum Gasteiger partial charge on any atom is 0.275 e. The summed E-state index contributed by atoms with van der Waals surface area (Å²) in [5, 5.41) is 5.82. The van der Waals surface area contributed by atoms with Crippen molar-refractivity contribution in [1.82, 2.24) is 10.6 Å². The van der Waals surface area contributed by atoms with Crippen LogP contribution in [0.4, 0.5) is 0 Å². The number of likely N-dealkylation sites (N-methyl/N-ethyl adjacent to an activating group) is 1. The molecule has 0 aliphatic carbocycles. The third-order valence-electron chi connectivity index (χ3n) is 3.68. The highest BCUT2D eigenvalue weighted by molar-refractivity contribution is 5.79. The van der Waals surface area contributed by atoms with Crippen LogP contribution < -0.4 is 15.5 Å². The minimum atomic E-state index is -0.0268. The zero-order valence-corrected chi connectivity index (χ0v) is 14.7. The molecule has 1 rings (SSSR count). The Morgan fingerprint density at radius 3 is 2.26 bits per heavy atom. The highest BCUT2D eigenvalue weighted by Crippen LogP contribution is 2.17. The van der Waals surface area contributed by atoms with Crippen molar-refractivity contribution in [3.05, 3.63) is 35.9 Å². The third-order valence-corrected chi connectivity index (χ3v) is 3.68. The summed E-state index contributed by atoms with van der Waals surface area (Å²) in [6, 6.07) is 10.3. The molecule has 128 valence electrons. The van der Waals surface area contributed by atoms with Crippen LogP contribution in [0.1, 0.15) is 38.7 Å². The smallest absolute Gasteiger partial charge is 0.275 e. The number of rotatable bonds is 9. The lowest BCUT2D eigenvalue weighted by molar-refractivity contribution is -0.862. The molecule has 0 saturated carbocycles. The highest BCUT2D eigenvalue weighted by atomic mass is 16.2. The number of amides is 2. The molecule has 2 atom stereocenters. The second kappa shape index (κ2) is 10.0. The quantitative estimate of drug-likeness (QED) is 0.614. The molecule has 0 saturated heterocycles. The molecule has 23 heavy (non-hydrogen) atoms. The van der Waals surface area contributed by atoms with Gasteiger partial charge in [0.25, 0.3) is 11.8 Å². The van der Waals surface area contributed by atoms with Gasteiger partial charge in [0.05, 0.1) is 7.05 Å². The maximum absolute atomic E-state index is 12.0. The molecule has 3 N–H and O–H groups in total. The van der Waals surface area contributed by atoms with Gasteiger partial charge in [-0.1, -0.05) is 37.3 Å². The summed E-state index contributed by atoms with van der Waals surface area (Å²) in [5.74, 6) is 0.278. The van der Waals surface area contributed by atoms with Gasteiger partial charge in [0.2, 0.25) is 0 Å². The molecule has 5 heteroatoms. The molecule has 0 bridgehead atoms. The van der Waals surface area contributed by atoms with Crippen molar-refractivity contribution in [3.63, 3.8) is 0 Å². The zero-order chi connectivity index (χ0) is 17.2. The Morgan fingerprint density at radius 1 is 1.09 bits per heavy atom. The number of carbonyl (C=O) groups is 2. The molecule has 1 unspecified atom stereocenters. The predicted octanol–water partition coefficient (Wildman–Crippen LogP) is 0.336. The largest absolute Gasteiger partial charge is 0.351 e. The van der Waals surface area contributed by atoms with Gasteiger partial charge in [-0.25, -0.2) is 0 Å². The lowest BCUT2D eigenvalue weighted by Crippen LogP contribution is -3.11. The molecule has 0 aliphatic heterocycles. The van der Waals surface area contributed by atoms with E-state index in [2.05, 4.69) is 29.7 Å². The summed E-state index contributed by atoms with van der Waals surface area (Å²) in [5.41, 5.74) is 1.24. The number of carbonyl (C=O) groups excluding carboxylic acids is 2. The lowest BCUT2D eigenvalue weighted by Gasteiger charge is -2.18. The molecule has 0 spiro atoms. The molecular formula is C18H30N3O2+. The van der Waals surface area contributed by atoms with Crippen LogP contribution in [0.5, 0.6) is 0 Å². The van der Waals surface area contributed by atoms with Crippen LogP contribution in [-0.4, -0.2) is 44.5 Å². The number of hydrogen-bond donors (Lipinski definition) is 3. The summed E-state index contributed by atoms with van der Waals surface area (Å²) in [4.78, 5) is 24.6. The standard InChI is InChI=1S/C18H29N3O2/c1-5-15(16-9-7-6-8-10-16)11-19-17(22)12-21(4)13-18(23)20-14(2)3/h6-10,14-15H,5,11-13H2,1-4H3,(H,19,22)(H,20,23)/p+1/t15-/m0/s1. The highest BCUT2D eigenvalue weighted by Gasteiger charge is 2.16. The van der Waals surface area contributed by atoms with Crippen molar-refractivity contribution in [2.24, 2.45) is 0 Å². The van der Waals surface area contributed by atoms with Gasteiger partial charge < -0.3 is 15.5 Å². The Morgan fingerprint density at radius 2 is 1.70 bits per heavy atom. The summed E-state index contributed by atoms with van der Waals surface area (Å²) in [6.45, 7) is 7.21. The van der Waals surface area contributed by atoms with Gasteiger partial charge in [0.15, 0.2) is 13.1 Å². The van der Waals surface area contributed by atoms with E-state index in [4.69, 9.17) is 0 Å². The number of nitrogens with one attached hydrogen (secondary N) is 3. The number of benzene rings is 1. The van der Waals surface area contributed by atoms with E-state index in [0.717, 1.165) is 11.3 Å². The van der Waals surface area contributed by atoms with Crippen LogP contribution >= 0.6 is 0 Å². The van der Waals surface area contributed by atoms with Gasteiger partial charge in [-0.15, -0.1) is 0 Å². The fourth-order valence-electron chi connectivity index (χ4n) is 2.51. The Kier molecular flexibility index (Phi) is 8.33. The van der Waals surface area contributed by atoms with Crippen LogP contribution in [0.15, 0.2) is 30.3 Å². The minimum Gasteiger partial charge on any atom is -0.351 e. The topological polar surface area (TPSA) is 62.6 Å². The van der Waals surface area contributed by atoms with E-state index in [-0.39, 0.29) is 17.9 Å².